The molecule has 1 aromatic rings. The molecule has 0 bridgehead atoms. The van der Waals surface area contributed by atoms with Crippen LogP contribution >= 0.6 is 19.8 Å². The average Bonchev–Trinajstić information content (AvgIpc) is 2.33. The van der Waals surface area contributed by atoms with Crippen molar-refractivity contribution in [3.05, 3.63) is 9.90 Å². The molecule has 1 unspecified atom stereocenters. The molecule has 2 N–H and O–H groups in total. The number of nitrogens with zero attached hydrogens (tertiary/aromatic N) is 3. The van der Waals surface area contributed by atoms with Crippen LogP contribution in [0.5, 0.6) is 0 Å². The van der Waals surface area contributed by atoms with Gasteiger partial charge in [-0.2, -0.15) is 0 Å². The van der Waals surface area contributed by atoms with Crippen molar-refractivity contribution in [3.63, 3.8) is 0 Å². The zero-order chi connectivity index (χ0) is 8.43. The van der Waals surface area contributed by atoms with Gasteiger partial charge in [0.1, 0.15) is 0 Å². The monoisotopic (exact) mass is 268 g/mol. The van der Waals surface area contributed by atoms with Crippen LogP contribution in [-0.2, 0) is 0 Å². The zero-order valence-corrected chi connectivity index (χ0v) is 9.11. The fourth-order valence-electron chi connectivity index (χ4n) is 0.627. The van der Waals surface area contributed by atoms with Gasteiger partial charge in [-0.25, -0.2) is 0 Å². The maximum absolute atomic E-state index is 5.61. The molecule has 0 aliphatic carbocycles. The van der Waals surface area contributed by atoms with Gasteiger partial charge in [0, 0.05) is 0 Å². The van der Waals surface area contributed by atoms with Crippen molar-refractivity contribution in [3.8, 4) is 0 Å². The molecule has 0 radical (unpaired) electrons. The summed E-state index contributed by atoms with van der Waals surface area (Å²) in [6.07, 6.45) is 1.89. The van der Waals surface area contributed by atoms with Crippen molar-refractivity contribution in [2.75, 3.05) is 9.86 Å². The third-order valence-corrected chi connectivity index (χ3v) is 3.99. The third-order valence-electron chi connectivity index (χ3n) is 1.29. The standard InChI is InChI=1S/C6H13IN4/c1-5(8)11-4-6(7(2)3)9-10-11/h4-5H,8H2,1-3H3. The van der Waals surface area contributed by atoms with Crippen LogP contribution in [0.3, 0.4) is 0 Å². The summed E-state index contributed by atoms with van der Waals surface area (Å²) in [4.78, 5) is 4.47. The second-order valence-electron chi connectivity index (χ2n) is 2.52. The van der Waals surface area contributed by atoms with Crippen molar-refractivity contribution in [1.29, 1.82) is 0 Å². The van der Waals surface area contributed by atoms with Crippen LogP contribution in [0.4, 0.5) is 0 Å². The molecular formula is C6H13IN4. The van der Waals surface area contributed by atoms with E-state index in [1.165, 1.54) is 0 Å². The predicted octanol–water partition coefficient (Wildman–Crippen LogP) is 0.691. The Hall–Kier alpha value is -0.170. The summed E-state index contributed by atoms with van der Waals surface area (Å²) in [5, 5.41) is 7.96. The number of rotatable bonds is 2. The summed E-state index contributed by atoms with van der Waals surface area (Å²) in [7, 11) is 0. The van der Waals surface area contributed by atoms with E-state index in [0.29, 0.717) is 0 Å². The molecule has 1 rings (SSSR count). The molecule has 1 aromatic heterocycles. The van der Waals surface area contributed by atoms with E-state index >= 15 is 0 Å². The van der Waals surface area contributed by atoms with Crippen LogP contribution < -0.4 is 5.73 Å². The van der Waals surface area contributed by atoms with Gasteiger partial charge in [0.25, 0.3) is 0 Å². The van der Waals surface area contributed by atoms with E-state index in [1.807, 2.05) is 13.1 Å². The summed E-state index contributed by atoms with van der Waals surface area (Å²) >= 11 is -0.955. The molecule has 0 amide bonds. The summed E-state index contributed by atoms with van der Waals surface area (Å²) in [5.74, 6) is 0. The second-order valence-corrected chi connectivity index (χ2v) is 7.94. The number of nitrogens with two attached hydrogens (primary N) is 1. The fourth-order valence-corrected chi connectivity index (χ4v) is 2.00. The molecule has 11 heavy (non-hydrogen) atoms. The van der Waals surface area contributed by atoms with Crippen LogP contribution in [0.2, 0.25) is 0 Å². The number of alkyl halides is 2. The summed E-state index contributed by atoms with van der Waals surface area (Å²) in [5.41, 5.74) is 5.61. The SMILES string of the molecule is CC(N)n1cc(I(C)C)nn1. The van der Waals surface area contributed by atoms with Gasteiger partial charge in [-0.1, -0.05) is 0 Å². The second kappa shape index (κ2) is 3.48. The van der Waals surface area contributed by atoms with E-state index in [1.54, 1.807) is 4.68 Å². The topological polar surface area (TPSA) is 56.7 Å². The van der Waals surface area contributed by atoms with Crippen molar-refractivity contribution in [2.45, 2.75) is 13.1 Å². The van der Waals surface area contributed by atoms with E-state index in [2.05, 4.69) is 20.2 Å². The molecule has 0 saturated heterocycles. The van der Waals surface area contributed by atoms with E-state index in [4.69, 9.17) is 5.73 Å². The van der Waals surface area contributed by atoms with Crippen molar-refractivity contribution < 1.29 is 0 Å². The summed E-state index contributed by atoms with van der Waals surface area (Å²) in [6.45, 7) is 1.89. The van der Waals surface area contributed by atoms with Gasteiger partial charge in [-0.3, -0.25) is 0 Å². The molecule has 0 spiro atoms. The van der Waals surface area contributed by atoms with Crippen molar-refractivity contribution in [2.24, 2.45) is 5.73 Å². The van der Waals surface area contributed by atoms with Gasteiger partial charge in [0.05, 0.1) is 0 Å². The first kappa shape index (κ1) is 8.92. The molecule has 1 heterocycles. The van der Waals surface area contributed by atoms with Gasteiger partial charge in [-0.15, -0.1) is 0 Å². The molecule has 0 aliphatic heterocycles. The van der Waals surface area contributed by atoms with Gasteiger partial charge in [0.15, 0.2) is 0 Å². The Bertz CT molecular complexity index is 208. The Morgan fingerprint density at radius 1 is 1.64 bits per heavy atom. The summed E-state index contributed by atoms with van der Waals surface area (Å²) < 4.78 is 2.85. The normalized spacial score (nSPS) is 14.7. The van der Waals surface area contributed by atoms with Crippen LogP contribution in [0.15, 0.2) is 6.20 Å². The maximum atomic E-state index is 5.61. The van der Waals surface area contributed by atoms with E-state index in [9.17, 15) is 0 Å². The zero-order valence-electron chi connectivity index (χ0n) is 6.95. The number of hydrogen-bond donors (Lipinski definition) is 1. The number of halogens is 1. The molecule has 0 aliphatic rings. The van der Waals surface area contributed by atoms with Crippen LogP contribution in [0, 0.1) is 3.70 Å². The van der Waals surface area contributed by atoms with Crippen LogP contribution in [0.1, 0.15) is 13.1 Å². The van der Waals surface area contributed by atoms with Crippen molar-refractivity contribution in [1.82, 2.24) is 15.0 Å². The Labute approximate surface area is 73.5 Å². The van der Waals surface area contributed by atoms with Gasteiger partial charge < -0.3 is 0 Å². The first-order valence-corrected chi connectivity index (χ1v) is 8.68. The van der Waals surface area contributed by atoms with Crippen LogP contribution in [0.25, 0.3) is 0 Å². The Kier molecular flexibility index (Phi) is 2.83. The first-order chi connectivity index (χ1) is 5.11. The van der Waals surface area contributed by atoms with E-state index in [0.717, 1.165) is 3.70 Å². The van der Waals surface area contributed by atoms with Crippen molar-refractivity contribution >= 4 is 19.8 Å². The molecule has 0 fully saturated rings. The molecule has 5 heteroatoms. The predicted molar refractivity (Wildman–Crippen MR) is 53.5 cm³/mol. The average molecular weight is 268 g/mol. The number of aromatic nitrogens is 3. The minimum atomic E-state index is -0.955. The molecule has 1 atom stereocenters. The molecule has 64 valence electrons. The molecule has 0 aromatic carbocycles. The quantitative estimate of drug-likeness (QED) is 0.634. The Balaban J connectivity index is 2.82. The summed E-state index contributed by atoms with van der Waals surface area (Å²) in [6, 6.07) is 0. The number of hydrogen-bond acceptors (Lipinski definition) is 3. The Morgan fingerprint density at radius 2 is 2.27 bits per heavy atom. The van der Waals surface area contributed by atoms with Gasteiger partial charge in [-0.05, 0) is 0 Å². The van der Waals surface area contributed by atoms with Gasteiger partial charge >= 0.3 is 73.4 Å². The molecule has 0 saturated carbocycles. The molecular weight excluding hydrogens is 255 g/mol. The van der Waals surface area contributed by atoms with Gasteiger partial charge in [0.2, 0.25) is 0 Å². The molecule has 4 nitrogen and oxygen atoms in total. The Morgan fingerprint density at radius 3 is 2.55 bits per heavy atom. The fraction of sp³-hybridized carbons (Fsp3) is 0.667. The van der Waals surface area contributed by atoms with E-state index < -0.39 is 19.8 Å². The minimum absolute atomic E-state index is 0.0629. The first-order valence-electron chi connectivity index (χ1n) is 3.28. The third kappa shape index (κ3) is 2.13. The van der Waals surface area contributed by atoms with E-state index in [-0.39, 0.29) is 6.17 Å². The van der Waals surface area contributed by atoms with Crippen LogP contribution in [-0.4, -0.2) is 24.9 Å².